The van der Waals surface area contributed by atoms with Gasteiger partial charge >= 0.3 is 5.97 Å². The summed E-state index contributed by atoms with van der Waals surface area (Å²) in [6.45, 7) is 3.61. The number of halogens is 1. The van der Waals surface area contributed by atoms with Crippen molar-refractivity contribution in [1.82, 2.24) is 4.98 Å². The minimum absolute atomic E-state index is 0.277. The number of hydrogen-bond donors (Lipinski definition) is 1. The summed E-state index contributed by atoms with van der Waals surface area (Å²) in [4.78, 5) is 16.3. The number of carbonyl (C=O) groups is 1. The van der Waals surface area contributed by atoms with Gasteiger partial charge in [0.1, 0.15) is 0 Å². The summed E-state index contributed by atoms with van der Waals surface area (Å²) in [5.41, 5.74) is 5.44. The van der Waals surface area contributed by atoms with Crippen LogP contribution in [-0.2, 0) is 9.53 Å². The van der Waals surface area contributed by atoms with Crippen LogP contribution in [0.5, 0.6) is 11.5 Å². The van der Waals surface area contributed by atoms with Gasteiger partial charge in [-0.15, -0.1) is 11.3 Å². The summed E-state index contributed by atoms with van der Waals surface area (Å²) < 4.78 is 16.0. The van der Waals surface area contributed by atoms with Crippen molar-refractivity contribution in [3.63, 3.8) is 0 Å². The molecule has 0 aliphatic carbocycles. The van der Waals surface area contributed by atoms with Crippen LogP contribution in [-0.4, -0.2) is 37.0 Å². The average molecular weight is 460 g/mol. The molecule has 162 valence electrons. The number of hydrogen-bond acceptors (Lipinski definition) is 8. The molecule has 0 aliphatic rings. The molecule has 1 N–H and O–H groups in total. The third-order valence-electron chi connectivity index (χ3n) is 4.14. The molecule has 1 heterocycles. The van der Waals surface area contributed by atoms with E-state index in [-0.39, 0.29) is 6.61 Å². The number of thiazole rings is 1. The largest absolute Gasteiger partial charge is 0.493 e. The minimum Gasteiger partial charge on any atom is -0.493 e. The first-order valence-corrected chi connectivity index (χ1v) is 10.8. The van der Waals surface area contributed by atoms with E-state index in [2.05, 4.69) is 15.5 Å². The van der Waals surface area contributed by atoms with E-state index >= 15 is 0 Å². The van der Waals surface area contributed by atoms with E-state index in [0.29, 0.717) is 27.2 Å². The number of anilines is 1. The van der Waals surface area contributed by atoms with Crippen LogP contribution in [0.15, 0.2) is 52.9 Å². The molecule has 9 heteroatoms. The average Bonchev–Trinajstić information content (AvgIpc) is 3.25. The molecule has 0 saturated carbocycles. The van der Waals surface area contributed by atoms with Gasteiger partial charge < -0.3 is 14.2 Å². The van der Waals surface area contributed by atoms with Gasteiger partial charge in [-0.05, 0) is 19.9 Å². The second-order valence-electron chi connectivity index (χ2n) is 6.31. The minimum atomic E-state index is -0.796. The molecule has 2 aromatic carbocycles. The molecule has 0 radical (unpaired) electrons. The predicted octanol–water partition coefficient (Wildman–Crippen LogP) is 5.25. The van der Waals surface area contributed by atoms with Crippen LogP contribution in [0.4, 0.5) is 5.13 Å². The summed E-state index contributed by atoms with van der Waals surface area (Å²) in [5.74, 6) is 0.294. The lowest BCUT2D eigenvalue weighted by Gasteiger charge is -2.16. The van der Waals surface area contributed by atoms with E-state index in [9.17, 15) is 4.79 Å². The highest BCUT2D eigenvalue weighted by molar-refractivity contribution is 7.14. The van der Waals surface area contributed by atoms with Crippen LogP contribution in [0.25, 0.3) is 11.3 Å². The second kappa shape index (κ2) is 10.8. The van der Waals surface area contributed by atoms with Crippen LogP contribution in [0.3, 0.4) is 0 Å². The van der Waals surface area contributed by atoms with Gasteiger partial charge in [0, 0.05) is 22.6 Å². The number of aromatic nitrogens is 1. The monoisotopic (exact) mass is 459 g/mol. The number of carbonyl (C=O) groups excluding carboxylic acids is 1. The van der Waals surface area contributed by atoms with Gasteiger partial charge in [0.25, 0.3) is 0 Å². The first-order chi connectivity index (χ1) is 15.0. The lowest BCUT2D eigenvalue weighted by Crippen LogP contribution is -2.26. The fourth-order valence-electron chi connectivity index (χ4n) is 2.62. The number of nitrogens with one attached hydrogen (secondary N) is 1. The van der Waals surface area contributed by atoms with Crippen LogP contribution >= 0.6 is 22.9 Å². The summed E-state index contributed by atoms with van der Waals surface area (Å²) in [6.07, 6.45) is 0.766. The Hall–Kier alpha value is -3.10. The molecule has 31 heavy (non-hydrogen) atoms. The Morgan fingerprint density at radius 1 is 1.29 bits per heavy atom. The zero-order chi connectivity index (χ0) is 22.2. The number of methoxy groups -OCH3 is 1. The van der Waals surface area contributed by atoms with Gasteiger partial charge in [-0.3, -0.25) is 5.43 Å². The zero-order valence-electron chi connectivity index (χ0n) is 17.3. The zero-order valence-corrected chi connectivity index (χ0v) is 18.9. The number of nitrogens with zero attached hydrogens (tertiary/aromatic N) is 2. The fourth-order valence-corrected chi connectivity index (χ4v) is 3.49. The smallest absolute Gasteiger partial charge is 0.347 e. The molecule has 0 spiro atoms. The first-order valence-electron chi connectivity index (χ1n) is 9.52. The van der Waals surface area contributed by atoms with Crippen molar-refractivity contribution >= 4 is 40.3 Å². The highest BCUT2D eigenvalue weighted by atomic mass is 35.5. The Balaban J connectivity index is 1.69. The number of rotatable bonds is 9. The Labute approximate surface area is 189 Å². The van der Waals surface area contributed by atoms with Crippen LogP contribution < -0.4 is 14.9 Å². The van der Waals surface area contributed by atoms with E-state index in [0.717, 1.165) is 11.3 Å². The van der Waals surface area contributed by atoms with E-state index in [1.807, 2.05) is 35.7 Å². The van der Waals surface area contributed by atoms with E-state index < -0.39 is 12.1 Å². The van der Waals surface area contributed by atoms with Gasteiger partial charge in [-0.25, -0.2) is 9.78 Å². The fraction of sp³-hybridized carbons (Fsp3) is 0.227. The molecule has 0 saturated heterocycles. The van der Waals surface area contributed by atoms with Crippen molar-refractivity contribution in [3.05, 3.63) is 58.4 Å². The highest BCUT2D eigenvalue weighted by Crippen LogP contribution is 2.33. The van der Waals surface area contributed by atoms with Gasteiger partial charge in [0.2, 0.25) is 5.13 Å². The Kier molecular flexibility index (Phi) is 7.86. The van der Waals surface area contributed by atoms with Crippen molar-refractivity contribution < 1.29 is 19.0 Å². The molecule has 1 aromatic heterocycles. The standard InChI is InChI=1S/C22H22ClN3O4S/c1-4-29-21(27)14(2)30-20-11-17(23)16(10-19(20)28-3)12-24-26-22-25-18(13-31-22)15-8-6-5-7-9-15/h5-14H,4H2,1-3H3,(H,25,26). The Morgan fingerprint density at radius 2 is 2.06 bits per heavy atom. The molecular formula is C22H22ClN3O4S. The van der Waals surface area contributed by atoms with Crippen molar-refractivity contribution in [2.45, 2.75) is 20.0 Å². The maximum atomic E-state index is 11.8. The van der Waals surface area contributed by atoms with Crippen LogP contribution in [0.2, 0.25) is 5.02 Å². The lowest BCUT2D eigenvalue weighted by atomic mass is 10.2. The third kappa shape index (κ3) is 5.96. The summed E-state index contributed by atoms with van der Waals surface area (Å²) in [7, 11) is 1.50. The van der Waals surface area contributed by atoms with E-state index in [1.165, 1.54) is 18.4 Å². The maximum absolute atomic E-state index is 11.8. The third-order valence-corrected chi connectivity index (χ3v) is 5.22. The predicted molar refractivity (Wildman–Crippen MR) is 123 cm³/mol. The van der Waals surface area contributed by atoms with E-state index in [1.54, 1.807) is 32.2 Å². The normalized spacial score (nSPS) is 11.9. The summed E-state index contributed by atoms with van der Waals surface area (Å²) in [6, 6.07) is 13.2. The molecule has 0 aliphatic heterocycles. The van der Waals surface area contributed by atoms with Gasteiger partial charge in [0.05, 0.1) is 30.6 Å². The van der Waals surface area contributed by atoms with Crippen LogP contribution in [0.1, 0.15) is 19.4 Å². The molecule has 3 aromatic rings. The van der Waals surface area contributed by atoms with Crippen molar-refractivity contribution in [2.24, 2.45) is 5.10 Å². The van der Waals surface area contributed by atoms with Crippen molar-refractivity contribution in [1.29, 1.82) is 0 Å². The maximum Gasteiger partial charge on any atom is 0.347 e. The highest BCUT2D eigenvalue weighted by Gasteiger charge is 2.19. The quantitative estimate of drug-likeness (QED) is 0.267. The second-order valence-corrected chi connectivity index (χ2v) is 7.58. The number of esters is 1. The Morgan fingerprint density at radius 3 is 2.77 bits per heavy atom. The lowest BCUT2D eigenvalue weighted by molar-refractivity contribution is -0.150. The molecular weight excluding hydrogens is 438 g/mol. The SMILES string of the molecule is CCOC(=O)C(C)Oc1cc(Cl)c(C=NNc2nc(-c3ccccc3)cs2)cc1OC. The topological polar surface area (TPSA) is 82.0 Å². The summed E-state index contributed by atoms with van der Waals surface area (Å²) >= 11 is 7.81. The van der Waals surface area contributed by atoms with Gasteiger partial charge in [-0.2, -0.15) is 5.10 Å². The molecule has 1 unspecified atom stereocenters. The number of benzene rings is 2. The van der Waals surface area contributed by atoms with Gasteiger partial charge in [0.15, 0.2) is 17.6 Å². The molecule has 0 bridgehead atoms. The van der Waals surface area contributed by atoms with Gasteiger partial charge in [-0.1, -0.05) is 41.9 Å². The molecule has 1 atom stereocenters. The van der Waals surface area contributed by atoms with E-state index in [4.69, 9.17) is 25.8 Å². The van der Waals surface area contributed by atoms with Crippen molar-refractivity contribution in [3.8, 4) is 22.8 Å². The molecule has 0 amide bonds. The molecule has 3 rings (SSSR count). The number of ether oxygens (including phenoxy) is 3. The molecule has 0 fully saturated rings. The van der Waals surface area contributed by atoms with Crippen LogP contribution in [0, 0.1) is 0 Å². The molecule has 7 nitrogen and oxygen atoms in total. The Bertz CT molecular complexity index is 1060. The number of hydrazone groups is 1. The first kappa shape index (κ1) is 22.6. The summed E-state index contributed by atoms with van der Waals surface area (Å²) in [5, 5.41) is 7.22. The van der Waals surface area contributed by atoms with Crippen molar-refractivity contribution in [2.75, 3.05) is 19.1 Å².